The highest BCUT2D eigenvalue weighted by molar-refractivity contribution is 6.44. The van der Waals surface area contributed by atoms with Gasteiger partial charge in [-0.25, -0.2) is 4.79 Å². The van der Waals surface area contributed by atoms with Crippen molar-refractivity contribution in [3.63, 3.8) is 0 Å². The van der Waals surface area contributed by atoms with Crippen LogP contribution >= 0.6 is 34.8 Å². The fourth-order valence-corrected chi connectivity index (χ4v) is 2.46. The standard InChI is InChI=1S/C19H17Cl3F2N2O3/c1-3-28-16(14-6-4-5-7-15(14)20)25-18(27)26(2)12-8-10-13(11-9-12)29-19(23,24)17(21)22/h4-11,17H,3H2,1-2H3. The normalized spacial score (nSPS) is 12.1. The van der Waals surface area contributed by atoms with Crippen molar-refractivity contribution in [3.8, 4) is 5.75 Å². The maximum absolute atomic E-state index is 13.4. The molecular formula is C19H17Cl3F2N2O3. The van der Waals surface area contributed by atoms with Gasteiger partial charge in [-0.3, -0.25) is 4.90 Å². The Morgan fingerprint density at radius 1 is 1.17 bits per heavy atom. The second-order valence-electron chi connectivity index (χ2n) is 5.63. The number of hydrogen-bond acceptors (Lipinski definition) is 3. The Hall–Kier alpha value is -2.09. The average molecular weight is 466 g/mol. The fourth-order valence-electron chi connectivity index (χ4n) is 2.15. The number of benzene rings is 2. The van der Waals surface area contributed by atoms with Crippen LogP contribution in [0.15, 0.2) is 53.5 Å². The van der Waals surface area contributed by atoms with Gasteiger partial charge in [-0.2, -0.15) is 13.8 Å². The van der Waals surface area contributed by atoms with Crippen molar-refractivity contribution in [1.29, 1.82) is 0 Å². The van der Waals surface area contributed by atoms with E-state index in [-0.39, 0.29) is 18.3 Å². The van der Waals surface area contributed by atoms with Crippen LogP contribution in [0, 0.1) is 0 Å². The molecule has 0 heterocycles. The lowest BCUT2D eigenvalue weighted by molar-refractivity contribution is -0.163. The molecule has 0 radical (unpaired) electrons. The minimum Gasteiger partial charge on any atom is -0.477 e. The minimum absolute atomic E-state index is 0.0739. The van der Waals surface area contributed by atoms with E-state index < -0.39 is 17.0 Å². The summed E-state index contributed by atoms with van der Waals surface area (Å²) in [7, 11) is 1.47. The Labute approximate surface area is 181 Å². The molecule has 0 bridgehead atoms. The van der Waals surface area contributed by atoms with E-state index in [1.807, 2.05) is 0 Å². The number of carbonyl (C=O) groups is 1. The summed E-state index contributed by atoms with van der Waals surface area (Å²) in [6.07, 6.45) is -3.75. The van der Waals surface area contributed by atoms with E-state index in [4.69, 9.17) is 39.5 Å². The molecule has 0 saturated heterocycles. The molecule has 0 aromatic heterocycles. The zero-order chi connectivity index (χ0) is 21.6. The molecule has 0 aliphatic carbocycles. The topological polar surface area (TPSA) is 51.1 Å². The predicted octanol–water partition coefficient (Wildman–Crippen LogP) is 6.15. The van der Waals surface area contributed by atoms with Crippen molar-refractivity contribution in [2.24, 2.45) is 4.99 Å². The number of anilines is 1. The zero-order valence-electron chi connectivity index (χ0n) is 15.4. The van der Waals surface area contributed by atoms with Crippen molar-refractivity contribution in [2.75, 3.05) is 18.6 Å². The number of ether oxygens (including phenoxy) is 2. The van der Waals surface area contributed by atoms with Gasteiger partial charge in [0, 0.05) is 12.7 Å². The van der Waals surface area contributed by atoms with Crippen LogP contribution in [-0.2, 0) is 4.74 Å². The number of urea groups is 1. The molecule has 0 saturated carbocycles. The maximum Gasteiger partial charge on any atom is 0.428 e. The Balaban J connectivity index is 2.20. The minimum atomic E-state index is -3.75. The van der Waals surface area contributed by atoms with Crippen LogP contribution in [0.3, 0.4) is 0 Å². The Morgan fingerprint density at radius 3 is 2.34 bits per heavy atom. The molecular weight excluding hydrogens is 449 g/mol. The molecule has 0 unspecified atom stereocenters. The zero-order valence-corrected chi connectivity index (χ0v) is 17.7. The number of aliphatic imine (C=N–C) groups is 1. The van der Waals surface area contributed by atoms with Gasteiger partial charge >= 0.3 is 12.1 Å². The van der Waals surface area contributed by atoms with Gasteiger partial charge in [0.05, 0.1) is 17.2 Å². The van der Waals surface area contributed by atoms with Crippen LogP contribution in [0.5, 0.6) is 5.75 Å². The number of carbonyl (C=O) groups excluding carboxylic acids is 1. The molecule has 10 heteroatoms. The molecule has 29 heavy (non-hydrogen) atoms. The summed E-state index contributed by atoms with van der Waals surface area (Å²) >= 11 is 16.5. The van der Waals surface area contributed by atoms with Gasteiger partial charge in [-0.1, -0.05) is 46.9 Å². The first-order chi connectivity index (χ1) is 13.7. The van der Waals surface area contributed by atoms with E-state index >= 15 is 0 Å². The van der Waals surface area contributed by atoms with Crippen LogP contribution in [0.2, 0.25) is 5.02 Å². The highest BCUT2D eigenvalue weighted by Crippen LogP contribution is 2.31. The number of nitrogens with zero attached hydrogens (tertiary/aromatic N) is 2. The first kappa shape index (κ1) is 23.2. The van der Waals surface area contributed by atoms with Gasteiger partial charge in [-0.15, -0.1) is 0 Å². The number of hydrogen-bond donors (Lipinski definition) is 0. The number of rotatable bonds is 6. The summed E-state index contributed by atoms with van der Waals surface area (Å²) in [5.41, 5.74) is 0.859. The molecule has 2 aromatic rings. The largest absolute Gasteiger partial charge is 0.477 e. The molecule has 0 aliphatic heterocycles. The summed E-state index contributed by atoms with van der Waals surface area (Å²) in [4.78, 5) is 15.7. The summed E-state index contributed by atoms with van der Waals surface area (Å²) in [5, 5.41) is 0.384. The average Bonchev–Trinajstić information content (AvgIpc) is 2.67. The third kappa shape index (κ3) is 6.19. The second kappa shape index (κ2) is 10.1. The number of alkyl halides is 4. The summed E-state index contributed by atoms with van der Waals surface area (Å²) < 4.78 is 36.8. The Morgan fingerprint density at radius 2 is 1.79 bits per heavy atom. The van der Waals surface area contributed by atoms with Crippen LogP contribution in [0.25, 0.3) is 0 Å². The van der Waals surface area contributed by atoms with Crippen LogP contribution < -0.4 is 9.64 Å². The van der Waals surface area contributed by atoms with E-state index in [1.54, 1.807) is 31.2 Å². The van der Waals surface area contributed by atoms with Gasteiger partial charge in [0.1, 0.15) is 5.75 Å². The van der Waals surface area contributed by atoms with E-state index in [9.17, 15) is 13.6 Å². The van der Waals surface area contributed by atoms with E-state index in [0.29, 0.717) is 16.3 Å². The quantitative estimate of drug-likeness (QED) is 0.292. The molecule has 0 spiro atoms. The molecule has 156 valence electrons. The van der Waals surface area contributed by atoms with Gasteiger partial charge in [0.25, 0.3) is 0 Å². The van der Waals surface area contributed by atoms with Crippen molar-refractivity contribution in [2.45, 2.75) is 17.9 Å². The monoisotopic (exact) mass is 464 g/mol. The molecule has 5 nitrogen and oxygen atoms in total. The first-order valence-electron chi connectivity index (χ1n) is 8.34. The molecule has 0 aliphatic rings. The van der Waals surface area contributed by atoms with Crippen LogP contribution in [0.4, 0.5) is 19.3 Å². The summed E-state index contributed by atoms with van der Waals surface area (Å²) in [6.45, 7) is 2.03. The smallest absolute Gasteiger partial charge is 0.428 e. The molecule has 2 amide bonds. The highest BCUT2D eigenvalue weighted by atomic mass is 35.5. The number of halogens is 5. The van der Waals surface area contributed by atoms with Gasteiger partial charge in [-0.05, 0) is 43.3 Å². The molecule has 0 N–H and O–H groups in total. The van der Waals surface area contributed by atoms with E-state index in [0.717, 1.165) is 0 Å². The van der Waals surface area contributed by atoms with Crippen molar-refractivity contribution < 1.29 is 23.0 Å². The van der Waals surface area contributed by atoms with Crippen molar-refractivity contribution >= 4 is 52.4 Å². The van der Waals surface area contributed by atoms with Crippen molar-refractivity contribution in [1.82, 2.24) is 0 Å². The van der Waals surface area contributed by atoms with E-state index in [2.05, 4.69) is 9.73 Å². The predicted molar refractivity (Wildman–Crippen MR) is 111 cm³/mol. The Bertz CT molecular complexity index is 877. The molecule has 0 atom stereocenters. The van der Waals surface area contributed by atoms with Crippen LogP contribution in [-0.4, -0.2) is 36.5 Å². The van der Waals surface area contributed by atoms with Gasteiger partial charge in [0.2, 0.25) is 10.7 Å². The highest BCUT2D eigenvalue weighted by Gasteiger charge is 2.40. The Kier molecular flexibility index (Phi) is 8.07. The van der Waals surface area contributed by atoms with Gasteiger partial charge in [0.15, 0.2) is 0 Å². The molecule has 2 aromatic carbocycles. The maximum atomic E-state index is 13.4. The van der Waals surface area contributed by atoms with Crippen LogP contribution in [0.1, 0.15) is 12.5 Å². The lowest BCUT2D eigenvalue weighted by atomic mass is 10.2. The van der Waals surface area contributed by atoms with Crippen molar-refractivity contribution in [3.05, 3.63) is 59.1 Å². The first-order valence-corrected chi connectivity index (χ1v) is 9.60. The molecule has 0 fully saturated rings. The van der Waals surface area contributed by atoms with Gasteiger partial charge < -0.3 is 9.47 Å². The number of amides is 2. The third-order valence-electron chi connectivity index (χ3n) is 3.60. The lowest BCUT2D eigenvalue weighted by Crippen LogP contribution is -2.32. The fraction of sp³-hybridized carbons (Fsp3) is 0.263. The second-order valence-corrected chi connectivity index (χ2v) is 7.13. The lowest BCUT2D eigenvalue weighted by Gasteiger charge is -2.20. The molecule has 2 rings (SSSR count). The SMILES string of the molecule is CCOC(=NC(=O)N(C)c1ccc(OC(F)(F)C(Cl)Cl)cc1)c1ccccc1Cl. The summed E-state index contributed by atoms with van der Waals surface area (Å²) in [5.74, 6) is -0.0923. The van der Waals surface area contributed by atoms with E-state index in [1.165, 1.54) is 36.2 Å². The third-order valence-corrected chi connectivity index (χ3v) is 4.44. The summed E-state index contributed by atoms with van der Waals surface area (Å²) in [6, 6.07) is 11.5.